The van der Waals surface area contributed by atoms with Crippen molar-refractivity contribution in [3.8, 4) is 0 Å². The summed E-state index contributed by atoms with van der Waals surface area (Å²) in [6.07, 6.45) is -0.576. The number of carbonyl (C=O) groups is 2. The Morgan fingerprint density at radius 1 is 1.05 bits per heavy atom. The Balaban J connectivity index is 2.00. The van der Waals surface area contributed by atoms with Crippen LogP contribution in [0.15, 0.2) is 60.3 Å². The van der Waals surface area contributed by atoms with E-state index in [9.17, 15) is 29.3 Å². The summed E-state index contributed by atoms with van der Waals surface area (Å²) in [5.41, 5.74) is 2.77. The first kappa shape index (κ1) is 28.3. The molecule has 0 saturated heterocycles. The highest BCUT2D eigenvalue weighted by Crippen LogP contribution is 2.36. The second kappa shape index (κ2) is 12.3. The second-order valence-electron chi connectivity index (χ2n) is 9.79. The summed E-state index contributed by atoms with van der Waals surface area (Å²) in [6, 6.07) is 11.0. The van der Waals surface area contributed by atoms with Gasteiger partial charge >= 0.3 is 5.97 Å². The lowest BCUT2D eigenvalue weighted by molar-refractivity contribution is -0.150. The van der Waals surface area contributed by atoms with E-state index in [1.807, 2.05) is 45.0 Å². The number of carboxylic acids is 1. The van der Waals surface area contributed by atoms with Crippen LogP contribution in [-0.4, -0.2) is 56.5 Å². The number of aryl methyl sites for hydroxylation is 1. The molecule has 37 heavy (non-hydrogen) atoms. The molecule has 1 amide bonds. The zero-order chi connectivity index (χ0) is 27.3. The molecule has 2 unspecified atom stereocenters. The molecule has 4 atom stereocenters. The van der Waals surface area contributed by atoms with Gasteiger partial charge in [0.25, 0.3) is 5.91 Å². The molecule has 0 saturated carbocycles. The molecule has 2 aromatic rings. The lowest BCUT2D eigenvalue weighted by Crippen LogP contribution is -2.59. The molecule has 1 aliphatic rings. The number of amides is 1. The number of nitrogens with zero attached hydrogens (tertiary/aromatic N) is 2. The van der Waals surface area contributed by atoms with Gasteiger partial charge in [0.05, 0.1) is 29.5 Å². The largest absolute Gasteiger partial charge is 0.480 e. The average Bonchev–Trinajstić information content (AvgIpc) is 3.24. The fourth-order valence-electron chi connectivity index (χ4n) is 4.54. The van der Waals surface area contributed by atoms with Crippen molar-refractivity contribution >= 4 is 17.6 Å². The first-order chi connectivity index (χ1) is 17.5. The fourth-order valence-corrected chi connectivity index (χ4v) is 4.54. The van der Waals surface area contributed by atoms with Crippen molar-refractivity contribution in [3.63, 3.8) is 0 Å². The SMILES string of the molecule is CC[C@@H](O)C[C@@H](O)C(C(=O)O)N1C(C(C)C)C(C(=O)NCc2ccc(C)cc2)=CN1c1ccc(F)cc1. The molecular weight excluding hydrogens is 477 g/mol. The molecule has 0 aliphatic carbocycles. The first-order valence-electron chi connectivity index (χ1n) is 12.5. The number of benzene rings is 2. The van der Waals surface area contributed by atoms with Gasteiger partial charge in [-0.05, 0) is 49.1 Å². The van der Waals surface area contributed by atoms with E-state index >= 15 is 0 Å². The van der Waals surface area contributed by atoms with Crippen molar-refractivity contribution in [2.24, 2.45) is 5.92 Å². The molecule has 0 aromatic heterocycles. The van der Waals surface area contributed by atoms with Crippen LogP contribution in [0.5, 0.6) is 0 Å². The predicted molar refractivity (Wildman–Crippen MR) is 139 cm³/mol. The lowest BCUT2D eigenvalue weighted by atomic mass is 9.93. The maximum Gasteiger partial charge on any atom is 0.325 e. The monoisotopic (exact) mass is 513 g/mol. The highest BCUT2D eigenvalue weighted by atomic mass is 19.1. The number of hydrazine groups is 1. The van der Waals surface area contributed by atoms with Crippen LogP contribution in [0.4, 0.5) is 10.1 Å². The van der Waals surface area contributed by atoms with Gasteiger partial charge < -0.3 is 20.6 Å². The molecule has 1 aliphatic heterocycles. The number of aliphatic hydroxyl groups is 2. The predicted octanol–water partition coefficient (Wildman–Crippen LogP) is 3.37. The number of carboxylic acid groups (broad SMARTS) is 1. The van der Waals surface area contributed by atoms with Crippen LogP contribution >= 0.6 is 0 Å². The van der Waals surface area contributed by atoms with E-state index in [1.54, 1.807) is 13.1 Å². The van der Waals surface area contributed by atoms with Crippen LogP contribution in [0.1, 0.15) is 44.7 Å². The third kappa shape index (κ3) is 6.74. The van der Waals surface area contributed by atoms with E-state index in [4.69, 9.17) is 0 Å². The van der Waals surface area contributed by atoms with E-state index in [1.165, 1.54) is 34.3 Å². The quantitative estimate of drug-likeness (QED) is 0.364. The van der Waals surface area contributed by atoms with E-state index < -0.39 is 36.1 Å². The summed E-state index contributed by atoms with van der Waals surface area (Å²) in [7, 11) is 0. The summed E-state index contributed by atoms with van der Waals surface area (Å²) in [5, 5.41) is 37.1. The smallest absolute Gasteiger partial charge is 0.325 e. The number of carbonyl (C=O) groups excluding carboxylic acids is 1. The molecule has 200 valence electrons. The third-order valence-electron chi connectivity index (χ3n) is 6.56. The van der Waals surface area contributed by atoms with Gasteiger partial charge in [0, 0.05) is 19.2 Å². The Bertz CT molecular complexity index is 1100. The molecule has 0 spiro atoms. The Hall–Kier alpha value is -3.27. The lowest BCUT2D eigenvalue weighted by Gasteiger charge is -2.41. The number of aliphatic hydroxyl groups excluding tert-OH is 2. The van der Waals surface area contributed by atoms with Crippen molar-refractivity contribution in [2.75, 3.05) is 5.01 Å². The number of aliphatic carboxylic acids is 1. The maximum absolute atomic E-state index is 13.7. The van der Waals surface area contributed by atoms with Gasteiger partial charge in [-0.2, -0.15) is 5.01 Å². The molecule has 3 rings (SSSR count). The van der Waals surface area contributed by atoms with Gasteiger partial charge in [0.2, 0.25) is 0 Å². The van der Waals surface area contributed by atoms with Crippen molar-refractivity contribution in [1.29, 1.82) is 0 Å². The van der Waals surface area contributed by atoms with E-state index in [0.29, 0.717) is 17.7 Å². The zero-order valence-electron chi connectivity index (χ0n) is 21.6. The third-order valence-corrected chi connectivity index (χ3v) is 6.56. The number of hydrogen-bond donors (Lipinski definition) is 4. The van der Waals surface area contributed by atoms with E-state index in [0.717, 1.165) is 11.1 Å². The van der Waals surface area contributed by atoms with Gasteiger partial charge in [-0.25, -0.2) is 4.39 Å². The topological polar surface area (TPSA) is 113 Å². The second-order valence-corrected chi connectivity index (χ2v) is 9.79. The first-order valence-corrected chi connectivity index (χ1v) is 12.5. The average molecular weight is 514 g/mol. The molecule has 9 heteroatoms. The number of halogens is 1. The van der Waals surface area contributed by atoms with Crippen LogP contribution in [0.3, 0.4) is 0 Å². The van der Waals surface area contributed by atoms with E-state index in [-0.39, 0.29) is 24.8 Å². The minimum atomic E-state index is -1.47. The summed E-state index contributed by atoms with van der Waals surface area (Å²) in [4.78, 5) is 25.9. The molecule has 0 radical (unpaired) electrons. The number of rotatable bonds is 11. The Kier molecular flexibility index (Phi) is 9.42. The van der Waals surface area contributed by atoms with Crippen LogP contribution in [0.25, 0.3) is 0 Å². The number of anilines is 1. The minimum Gasteiger partial charge on any atom is -0.480 e. The molecule has 0 bridgehead atoms. The highest BCUT2D eigenvalue weighted by Gasteiger charge is 2.47. The van der Waals surface area contributed by atoms with Crippen LogP contribution in [0.2, 0.25) is 0 Å². The molecule has 4 N–H and O–H groups in total. The normalized spacial score (nSPS) is 18.4. The molecular formula is C28H36FN3O5. The van der Waals surface area contributed by atoms with Crippen molar-refractivity contribution in [3.05, 3.63) is 77.2 Å². The summed E-state index contributed by atoms with van der Waals surface area (Å²) in [6.45, 7) is 7.72. The van der Waals surface area contributed by atoms with Crippen LogP contribution in [-0.2, 0) is 16.1 Å². The van der Waals surface area contributed by atoms with Gasteiger partial charge in [0.1, 0.15) is 5.82 Å². The maximum atomic E-state index is 13.7. The van der Waals surface area contributed by atoms with E-state index in [2.05, 4.69) is 5.32 Å². The van der Waals surface area contributed by atoms with Crippen molar-refractivity contribution in [2.45, 2.75) is 71.4 Å². The number of hydrogen-bond acceptors (Lipinski definition) is 6. The van der Waals surface area contributed by atoms with Crippen molar-refractivity contribution < 1.29 is 29.3 Å². The Labute approximate surface area is 217 Å². The molecule has 0 fully saturated rings. The summed E-state index contributed by atoms with van der Waals surface area (Å²) in [5.74, 6) is -2.37. The van der Waals surface area contributed by atoms with Gasteiger partial charge in [0.15, 0.2) is 6.04 Å². The van der Waals surface area contributed by atoms with Gasteiger partial charge in [-0.15, -0.1) is 0 Å². The summed E-state index contributed by atoms with van der Waals surface area (Å²) >= 11 is 0. The Morgan fingerprint density at radius 2 is 1.68 bits per heavy atom. The minimum absolute atomic E-state index is 0.152. The van der Waals surface area contributed by atoms with Gasteiger partial charge in [-0.1, -0.05) is 50.6 Å². The van der Waals surface area contributed by atoms with Crippen molar-refractivity contribution in [1.82, 2.24) is 10.3 Å². The zero-order valence-corrected chi connectivity index (χ0v) is 21.6. The van der Waals surface area contributed by atoms with Gasteiger partial charge in [-0.3, -0.25) is 14.6 Å². The van der Waals surface area contributed by atoms with Crippen LogP contribution < -0.4 is 10.3 Å². The number of nitrogens with one attached hydrogen (secondary N) is 1. The fraction of sp³-hybridized carbons (Fsp3) is 0.429. The standard InChI is InChI=1S/C28H36FN3O5/c1-5-22(33)14-24(34)26(28(36)37)32-25(17(2)3)23(16-31(32)21-12-10-20(29)11-13-21)27(35)30-15-19-8-6-18(4)7-9-19/h6-13,16-17,22,24-26,33-34H,5,14-15H2,1-4H3,(H,30,35)(H,36,37)/t22-,24-,25?,26?/m1/s1. The highest BCUT2D eigenvalue weighted by molar-refractivity contribution is 5.96. The molecule has 8 nitrogen and oxygen atoms in total. The van der Waals surface area contributed by atoms with Crippen LogP contribution in [0, 0.1) is 18.7 Å². The molecule has 2 aromatic carbocycles. The summed E-state index contributed by atoms with van der Waals surface area (Å²) < 4.78 is 13.7. The Morgan fingerprint density at radius 3 is 2.22 bits per heavy atom. The molecule has 1 heterocycles.